The molecule has 1 aromatic carbocycles. The number of thioether (sulfide) groups is 1. The number of aromatic hydroxyl groups is 1. The van der Waals surface area contributed by atoms with Crippen LogP contribution in [0.1, 0.15) is 29.3 Å². The van der Waals surface area contributed by atoms with Crippen molar-refractivity contribution in [2.45, 2.75) is 19.1 Å². The van der Waals surface area contributed by atoms with E-state index in [1.54, 1.807) is 0 Å². The summed E-state index contributed by atoms with van der Waals surface area (Å²) in [6.07, 6.45) is 0.653. The number of Topliss-reactive ketones (excluding diaryl/α,β-unsaturated/α-hetero) is 1. The minimum Gasteiger partial charge on any atom is -0.507 e. The van der Waals surface area contributed by atoms with Crippen LogP contribution in [0.25, 0.3) is 0 Å². The van der Waals surface area contributed by atoms with Gasteiger partial charge in [-0.05, 0) is 31.2 Å². The Labute approximate surface area is 104 Å². The van der Waals surface area contributed by atoms with Gasteiger partial charge in [0.2, 0.25) is 0 Å². The molecule has 94 valence electrons. The largest absolute Gasteiger partial charge is 0.507 e. The first-order valence-corrected chi connectivity index (χ1v) is 6.42. The molecule has 0 saturated heterocycles. The molecule has 0 amide bonds. The summed E-state index contributed by atoms with van der Waals surface area (Å²) < 4.78 is 13.2. The van der Waals surface area contributed by atoms with Crippen LogP contribution in [0.15, 0.2) is 12.1 Å². The van der Waals surface area contributed by atoms with Crippen molar-refractivity contribution in [1.29, 1.82) is 0 Å². The molecule has 0 aliphatic carbocycles. The molecule has 0 aliphatic rings. The number of hydrogen-bond donors (Lipinski definition) is 2. The minimum absolute atomic E-state index is 0.0164. The van der Waals surface area contributed by atoms with Crippen LogP contribution >= 0.6 is 11.8 Å². The van der Waals surface area contributed by atoms with Crippen LogP contribution in [0.4, 0.5) is 4.39 Å². The van der Waals surface area contributed by atoms with Crippen molar-refractivity contribution in [3.05, 3.63) is 29.1 Å². The molecule has 1 rings (SSSR count). The first-order valence-electron chi connectivity index (χ1n) is 5.27. The average molecular weight is 258 g/mol. The number of hydrogen-bond acceptors (Lipinski definition) is 4. The topological polar surface area (TPSA) is 57.5 Å². The fraction of sp³-hybridized carbons (Fsp3) is 0.417. The Morgan fingerprint density at radius 2 is 2.18 bits per heavy atom. The SMILES string of the molecule is CC(=O)c1cc(F)cc(CSCCCO)c1O. The van der Waals surface area contributed by atoms with Crippen LogP contribution in [-0.4, -0.2) is 28.4 Å². The van der Waals surface area contributed by atoms with E-state index < -0.39 is 5.82 Å². The molecule has 17 heavy (non-hydrogen) atoms. The average Bonchev–Trinajstić information content (AvgIpc) is 2.28. The van der Waals surface area contributed by atoms with E-state index in [4.69, 9.17) is 5.11 Å². The van der Waals surface area contributed by atoms with E-state index >= 15 is 0 Å². The Hall–Kier alpha value is -1.07. The highest BCUT2D eigenvalue weighted by atomic mass is 32.2. The van der Waals surface area contributed by atoms with Crippen LogP contribution in [0.2, 0.25) is 0 Å². The summed E-state index contributed by atoms with van der Waals surface area (Å²) >= 11 is 1.48. The summed E-state index contributed by atoms with van der Waals surface area (Å²) in [5.41, 5.74) is 0.431. The second-order valence-electron chi connectivity index (χ2n) is 3.65. The molecule has 3 nitrogen and oxygen atoms in total. The Morgan fingerprint density at radius 1 is 1.47 bits per heavy atom. The number of phenols is 1. The summed E-state index contributed by atoms with van der Waals surface area (Å²) in [7, 11) is 0. The third kappa shape index (κ3) is 4.02. The van der Waals surface area contributed by atoms with Crippen molar-refractivity contribution < 1.29 is 19.4 Å². The standard InChI is InChI=1S/C12H15FO3S/c1-8(15)11-6-10(13)5-9(12(11)16)7-17-4-2-3-14/h5-6,14,16H,2-4,7H2,1H3. The van der Waals surface area contributed by atoms with Crippen molar-refractivity contribution in [2.75, 3.05) is 12.4 Å². The third-order valence-corrected chi connectivity index (χ3v) is 3.33. The zero-order valence-electron chi connectivity index (χ0n) is 9.57. The lowest BCUT2D eigenvalue weighted by Gasteiger charge is -2.08. The second-order valence-corrected chi connectivity index (χ2v) is 4.75. The number of phenolic OH excluding ortho intramolecular Hbond substituents is 1. The van der Waals surface area contributed by atoms with Gasteiger partial charge in [0.1, 0.15) is 11.6 Å². The summed E-state index contributed by atoms with van der Waals surface area (Å²) in [4.78, 5) is 11.2. The quantitative estimate of drug-likeness (QED) is 0.607. The molecule has 0 radical (unpaired) electrons. The summed E-state index contributed by atoms with van der Waals surface area (Å²) in [5.74, 6) is 0.121. The normalized spacial score (nSPS) is 10.5. The first kappa shape index (κ1) is 14.0. The van der Waals surface area contributed by atoms with Gasteiger partial charge in [-0.3, -0.25) is 4.79 Å². The molecule has 5 heteroatoms. The molecule has 0 fully saturated rings. The maximum absolute atomic E-state index is 13.2. The number of aliphatic hydroxyl groups is 1. The Morgan fingerprint density at radius 3 is 2.76 bits per heavy atom. The maximum atomic E-state index is 13.2. The van der Waals surface area contributed by atoms with Gasteiger partial charge in [0, 0.05) is 17.9 Å². The minimum atomic E-state index is -0.522. The van der Waals surface area contributed by atoms with Crippen LogP contribution in [0.3, 0.4) is 0 Å². The molecular formula is C12H15FO3S. The van der Waals surface area contributed by atoms with E-state index in [1.807, 2.05) is 0 Å². The molecular weight excluding hydrogens is 243 g/mol. The highest BCUT2D eigenvalue weighted by Crippen LogP contribution is 2.28. The number of carbonyl (C=O) groups is 1. The molecule has 0 spiro atoms. The Kier molecular flexibility index (Phi) is 5.44. The van der Waals surface area contributed by atoms with E-state index in [2.05, 4.69) is 0 Å². The maximum Gasteiger partial charge on any atom is 0.163 e. The lowest BCUT2D eigenvalue weighted by atomic mass is 10.1. The van der Waals surface area contributed by atoms with E-state index in [1.165, 1.54) is 24.8 Å². The Bertz CT molecular complexity index is 407. The predicted molar refractivity (Wildman–Crippen MR) is 65.9 cm³/mol. The predicted octanol–water partition coefficient (Wildman–Crippen LogP) is 2.35. The van der Waals surface area contributed by atoms with Crippen molar-refractivity contribution in [1.82, 2.24) is 0 Å². The third-order valence-electron chi connectivity index (χ3n) is 2.24. The van der Waals surface area contributed by atoms with Crippen LogP contribution in [0.5, 0.6) is 5.75 Å². The zero-order valence-corrected chi connectivity index (χ0v) is 10.4. The van der Waals surface area contributed by atoms with Crippen LogP contribution in [-0.2, 0) is 5.75 Å². The van der Waals surface area contributed by atoms with Gasteiger partial charge in [0.15, 0.2) is 5.78 Å². The van der Waals surface area contributed by atoms with E-state index in [0.717, 1.165) is 11.8 Å². The number of ketones is 1. The summed E-state index contributed by atoms with van der Waals surface area (Å²) in [5, 5.41) is 18.4. The summed E-state index contributed by atoms with van der Waals surface area (Å²) in [6.45, 7) is 1.40. The van der Waals surface area contributed by atoms with Crippen LogP contribution < -0.4 is 0 Å². The van der Waals surface area contributed by atoms with Gasteiger partial charge >= 0.3 is 0 Å². The van der Waals surface area contributed by atoms with Crippen molar-refractivity contribution in [3.8, 4) is 5.75 Å². The number of carbonyl (C=O) groups excluding carboxylic acids is 1. The van der Waals surface area contributed by atoms with Gasteiger partial charge < -0.3 is 10.2 Å². The number of aliphatic hydroxyl groups excluding tert-OH is 1. The van der Waals surface area contributed by atoms with Crippen molar-refractivity contribution >= 4 is 17.5 Å². The Balaban J connectivity index is 2.81. The second kappa shape index (κ2) is 6.61. The molecule has 0 heterocycles. The molecule has 2 N–H and O–H groups in total. The molecule has 1 aromatic rings. The van der Waals surface area contributed by atoms with Gasteiger partial charge in [-0.2, -0.15) is 11.8 Å². The fourth-order valence-electron chi connectivity index (χ4n) is 1.38. The van der Waals surface area contributed by atoms with Gasteiger partial charge in [-0.1, -0.05) is 0 Å². The number of rotatable bonds is 6. The van der Waals surface area contributed by atoms with Gasteiger partial charge in [0.05, 0.1) is 5.56 Å². The van der Waals surface area contributed by atoms with Gasteiger partial charge in [0.25, 0.3) is 0 Å². The molecule has 0 atom stereocenters. The van der Waals surface area contributed by atoms with E-state index in [9.17, 15) is 14.3 Å². The molecule has 0 aliphatic heterocycles. The molecule has 0 aromatic heterocycles. The van der Waals surface area contributed by atoms with E-state index in [0.29, 0.717) is 17.7 Å². The fourth-order valence-corrected chi connectivity index (χ4v) is 2.30. The van der Waals surface area contributed by atoms with Gasteiger partial charge in [-0.25, -0.2) is 4.39 Å². The van der Waals surface area contributed by atoms with Crippen molar-refractivity contribution in [3.63, 3.8) is 0 Å². The lowest BCUT2D eigenvalue weighted by molar-refractivity contribution is 0.101. The first-order chi connectivity index (χ1) is 8.06. The van der Waals surface area contributed by atoms with Crippen molar-refractivity contribution in [2.24, 2.45) is 0 Å². The molecule has 0 unspecified atom stereocenters. The smallest absolute Gasteiger partial charge is 0.163 e. The highest BCUT2D eigenvalue weighted by molar-refractivity contribution is 7.98. The molecule has 0 bridgehead atoms. The van der Waals surface area contributed by atoms with Crippen LogP contribution in [0, 0.1) is 5.82 Å². The molecule has 0 saturated carbocycles. The highest BCUT2D eigenvalue weighted by Gasteiger charge is 2.13. The zero-order chi connectivity index (χ0) is 12.8. The van der Waals surface area contributed by atoms with E-state index in [-0.39, 0.29) is 23.7 Å². The lowest BCUT2D eigenvalue weighted by Crippen LogP contribution is -1.98. The number of benzene rings is 1. The summed E-state index contributed by atoms with van der Waals surface area (Å²) in [6, 6.07) is 2.27. The number of halogens is 1. The monoisotopic (exact) mass is 258 g/mol. The van der Waals surface area contributed by atoms with Gasteiger partial charge in [-0.15, -0.1) is 0 Å².